The van der Waals surface area contributed by atoms with E-state index in [-0.39, 0.29) is 23.8 Å². The van der Waals surface area contributed by atoms with Gasteiger partial charge >= 0.3 is 0 Å². The zero-order chi connectivity index (χ0) is 20.4. The van der Waals surface area contributed by atoms with E-state index in [2.05, 4.69) is 15.5 Å². The number of aryl methyl sites for hydroxylation is 3. The Kier molecular flexibility index (Phi) is 5.36. The fourth-order valence-corrected chi connectivity index (χ4v) is 2.80. The molecule has 2 aromatic heterocycles. The summed E-state index contributed by atoms with van der Waals surface area (Å²) in [4.78, 5) is 23.9. The maximum absolute atomic E-state index is 12.4. The van der Waals surface area contributed by atoms with Gasteiger partial charge in [0.25, 0.3) is 11.8 Å². The van der Waals surface area contributed by atoms with Gasteiger partial charge in [0.05, 0.1) is 11.9 Å². The smallest absolute Gasteiger partial charge is 0.276 e. The van der Waals surface area contributed by atoms with E-state index >= 15 is 0 Å². The average molecular weight is 403 g/mol. The van der Waals surface area contributed by atoms with Crippen molar-refractivity contribution in [3.8, 4) is 5.75 Å². The van der Waals surface area contributed by atoms with Crippen molar-refractivity contribution in [2.24, 2.45) is 12.8 Å². The molecule has 146 valence electrons. The Morgan fingerprint density at radius 2 is 1.96 bits per heavy atom. The van der Waals surface area contributed by atoms with Crippen LogP contribution in [0.5, 0.6) is 5.75 Å². The highest BCUT2D eigenvalue weighted by atomic mass is 35.5. The van der Waals surface area contributed by atoms with Gasteiger partial charge in [-0.1, -0.05) is 11.6 Å². The van der Waals surface area contributed by atoms with Gasteiger partial charge in [0.1, 0.15) is 11.4 Å². The molecule has 28 heavy (non-hydrogen) atoms. The van der Waals surface area contributed by atoms with Crippen molar-refractivity contribution >= 4 is 29.1 Å². The molecule has 3 aromatic rings. The lowest BCUT2D eigenvalue weighted by atomic mass is 10.1. The number of primary amides is 1. The van der Waals surface area contributed by atoms with Gasteiger partial charge < -0.3 is 15.8 Å². The van der Waals surface area contributed by atoms with Crippen LogP contribution in [-0.4, -0.2) is 31.4 Å². The molecule has 10 heteroatoms. The molecule has 3 rings (SSSR count). The highest BCUT2D eigenvalue weighted by Crippen LogP contribution is 2.26. The van der Waals surface area contributed by atoms with Crippen LogP contribution in [0, 0.1) is 13.8 Å². The first kappa shape index (κ1) is 19.4. The van der Waals surface area contributed by atoms with Gasteiger partial charge in [-0.25, -0.2) is 4.68 Å². The summed E-state index contributed by atoms with van der Waals surface area (Å²) in [6, 6.07) is 5.21. The Hall–Kier alpha value is -3.33. The fourth-order valence-electron chi connectivity index (χ4n) is 2.69. The molecule has 1 aromatic carbocycles. The Morgan fingerprint density at radius 1 is 1.29 bits per heavy atom. The second kappa shape index (κ2) is 7.73. The molecule has 0 radical (unpaired) electrons. The van der Waals surface area contributed by atoms with E-state index in [1.54, 1.807) is 13.2 Å². The van der Waals surface area contributed by atoms with Crippen molar-refractivity contribution in [3.63, 3.8) is 0 Å². The Balaban J connectivity index is 1.67. The van der Waals surface area contributed by atoms with E-state index in [1.165, 1.54) is 21.6 Å². The van der Waals surface area contributed by atoms with Crippen LogP contribution in [-0.2, 0) is 13.8 Å². The monoisotopic (exact) mass is 402 g/mol. The van der Waals surface area contributed by atoms with Crippen LogP contribution in [0.25, 0.3) is 0 Å². The number of nitrogens with two attached hydrogens (primary N) is 1. The van der Waals surface area contributed by atoms with E-state index in [1.807, 2.05) is 26.0 Å². The number of nitrogens with one attached hydrogen (secondary N) is 1. The van der Waals surface area contributed by atoms with Gasteiger partial charge in [-0.2, -0.15) is 10.2 Å². The first-order valence-electron chi connectivity index (χ1n) is 8.32. The highest BCUT2D eigenvalue weighted by molar-refractivity contribution is 6.32. The third kappa shape index (κ3) is 3.99. The molecular formula is C18H19ClN6O3. The number of hydrogen-bond acceptors (Lipinski definition) is 5. The predicted octanol–water partition coefficient (Wildman–Crippen LogP) is 2.27. The van der Waals surface area contributed by atoms with Gasteiger partial charge in [-0.3, -0.25) is 14.3 Å². The third-order valence-corrected chi connectivity index (χ3v) is 4.66. The Bertz CT molecular complexity index is 1030. The number of carbonyl (C=O) groups is 2. The summed E-state index contributed by atoms with van der Waals surface area (Å²) in [6.45, 7) is 3.92. The quantitative estimate of drug-likeness (QED) is 0.655. The minimum Gasteiger partial charge on any atom is -0.471 e. The topological polar surface area (TPSA) is 117 Å². The minimum atomic E-state index is -0.692. The lowest BCUT2D eigenvalue weighted by Gasteiger charge is -2.10. The van der Waals surface area contributed by atoms with Crippen LogP contribution in [0.1, 0.15) is 32.1 Å². The maximum atomic E-state index is 12.4. The Morgan fingerprint density at radius 3 is 2.61 bits per heavy atom. The molecule has 0 aliphatic rings. The van der Waals surface area contributed by atoms with Crippen LogP contribution in [0.15, 0.2) is 30.6 Å². The second-order valence-electron chi connectivity index (χ2n) is 6.23. The number of carbonyl (C=O) groups excluding carboxylic acids is 2. The molecule has 0 atom stereocenters. The Labute approximate surface area is 166 Å². The minimum absolute atomic E-state index is 0.101. The summed E-state index contributed by atoms with van der Waals surface area (Å²) >= 11 is 6.15. The van der Waals surface area contributed by atoms with Crippen molar-refractivity contribution in [3.05, 3.63) is 58.1 Å². The third-order valence-electron chi connectivity index (χ3n) is 4.07. The molecule has 9 nitrogen and oxygen atoms in total. The van der Waals surface area contributed by atoms with E-state index in [4.69, 9.17) is 22.1 Å². The van der Waals surface area contributed by atoms with Crippen molar-refractivity contribution in [2.75, 3.05) is 5.32 Å². The molecule has 2 heterocycles. The van der Waals surface area contributed by atoms with E-state index in [0.29, 0.717) is 10.8 Å². The molecule has 0 saturated heterocycles. The molecule has 3 N–H and O–H groups in total. The molecule has 0 spiro atoms. The van der Waals surface area contributed by atoms with Gasteiger partial charge in [0.2, 0.25) is 0 Å². The number of aromatic nitrogens is 4. The first-order valence-corrected chi connectivity index (χ1v) is 8.70. The van der Waals surface area contributed by atoms with Crippen molar-refractivity contribution in [1.82, 2.24) is 19.6 Å². The summed E-state index contributed by atoms with van der Waals surface area (Å²) in [5, 5.41) is 11.4. The molecule has 0 saturated carbocycles. The second-order valence-corrected chi connectivity index (χ2v) is 6.61. The molecule has 0 aliphatic carbocycles. The van der Waals surface area contributed by atoms with Gasteiger partial charge in [0, 0.05) is 18.3 Å². The predicted molar refractivity (Wildman–Crippen MR) is 103 cm³/mol. The number of nitrogens with zero attached hydrogens (tertiary/aromatic N) is 4. The van der Waals surface area contributed by atoms with Crippen LogP contribution >= 0.6 is 11.6 Å². The normalized spacial score (nSPS) is 10.7. The zero-order valence-corrected chi connectivity index (χ0v) is 16.3. The van der Waals surface area contributed by atoms with Crippen LogP contribution in [0.2, 0.25) is 5.02 Å². The number of anilines is 1. The van der Waals surface area contributed by atoms with Crippen molar-refractivity contribution in [2.45, 2.75) is 20.6 Å². The van der Waals surface area contributed by atoms with Crippen LogP contribution in [0.4, 0.5) is 5.69 Å². The lowest BCUT2D eigenvalue weighted by molar-refractivity contribution is 0.0992. The van der Waals surface area contributed by atoms with E-state index < -0.39 is 11.8 Å². The summed E-state index contributed by atoms with van der Waals surface area (Å²) in [5.74, 6) is -0.530. The number of rotatable bonds is 6. The van der Waals surface area contributed by atoms with Gasteiger partial charge in [-0.15, -0.1) is 0 Å². The van der Waals surface area contributed by atoms with E-state index in [9.17, 15) is 9.59 Å². The number of ether oxygens (including phenoxy) is 1. The maximum Gasteiger partial charge on any atom is 0.276 e. The fraction of sp³-hybridized carbons (Fsp3) is 0.222. The summed E-state index contributed by atoms with van der Waals surface area (Å²) < 4.78 is 8.48. The van der Waals surface area contributed by atoms with Gasteiger partial charge in [-0.05, 0) is 43.2 Å². The molecule has 2 amide bonds. The lowest BCUT2D eigenvalue weighted by Crippen LogP contribution is -2.20. The molecule has 0 unspecified atom stereocenters. The average Bonchev–Trinajstić information content (AvgIpc) is 3.24. The molecule has 0 bridgehead atoms. The SMILES string of the molecule is Cc1cc(OCn2ccc(C(=O)Nc3cnn(C)c3C(N)=O)n2)cc(C)c1Cl. The number of benzene rings is 1. The van der Waals surface area contributed by atoms with Crippen LogP contribution < -0.4 is 15.8 Å². The van der Waals surface area contributed by atoms with Crippen LogP contribution in [0.3, 0.4) is 0 Å². The van der Waals surface area contributed by atoms with Crippen molar-refractivity contribution in [1.29, 1.82) is 0 Å². The van der Waals surface area contributed by atoms with Crippen molar-refractivity contribution < 1.29 is 14.3 Å². The summed E-state index contributed by atoms with van der Waals surface area (Å²) in [7, 11) is 1.56. The standard InChI is InChI=1S/C18H19ClN6O3/c1-10-6-12(7-11(2)15(10)19)28-9-25-5-4-13(23-25)18(27)22-14-8-21-24(3)16(14)17(20)26/h4-8H,9H2,1-3H3,(H2,20,26)(H,22,27). The summed E-state index contributed by atoms with van der Waals surface area (Å²) in [6.07, 6.45) is 2.96. The largest absolute Gasteiger partial charge is 0.471 e. The van der Waals surface area contributed by atoms with E-state index in [0.717, 1.165) is 11.1 Å². The summed E-state index contributed by atoms with van der Waals surface area (Å²) in [5.41, 5.74) is 7.62. The number of hydrogen-bond donors (Lipinski definition) is 2. The number of amides is 2. The number of halogens is 1. The van der Waals surface area contributed by atoms with Gasteiger partial charge in [0.15, 0.2) is 12.4 Å². The molecule has 0 aliphatic heterocycles. The first-order chi connectivity index (χ1) is 13.3. The highest BCUT2D eigenvalue weighted by Gasteiger charge is 2.18. The molecular weight excluding hydrogens is 384 g/mol. The molecule has 0 fully saturated rings. The zero-order valence-electron chi connectivity index (χ0n) is 15.6.